The molecular formula is C14H21F2NO. The van der Waals surface area contributed by atoms with Crippen molar-refractivity contribution in [3.63, 3.8) is 0 Å². The standard InChI is InChI=1S/C14H21F2NO/c1-2-9-17-13(8-10-18-11-14(15)16)12-6-4-3-5-7-12/h3-7,13-14,17H,2,8-11H2,1H3. The number of hydrogen-bond acceptors (Lipinski definition) is 2. The first-order valence-corrected chi connectivity index (χ1v) is 6.38. The number of benzene rings is 1. The van der Waals surface area contributed by atoms with Crippen LogP contribution in [0.1, 0.15) is 31.4 Å². The second-order valence-corrected chi connectivity index (χ2v) is 4.17. The molecule has 0 aliphatic heterocycles. The fourth-order valence-corrected chi connectivity index (χ4v) is 1.76. The molecule has 0 saturated carbocycles. The number of nitrogens with one attached hydrogen (secondary N) is 1. The number of ether oxygens (including phenoxy) is 1. The highest BCUT2D eigenvalue weighted by molar-refractivity contribution is 5.18. The summed E-state index contributed by atoms with van der Waals surface area (Å²) in [6, 6.07) is 10.2. The first kappa shape index (κ1) is 15.1. The van der Waals surface area contributed by atoms with E-state index in [-0.39, 0.29) is 6.04 Å². The summed E-state index contributed by atoms with van der Waals surface area (Å²) in [4.78, 5) is 0. The molecule has 0 bridgehead atoms. The van der Waals surface area contributed by atoms with Gasteiger partial charge in [0.2, 0.25) is 0 Å². The summed E-state index contributed by atoms with van der Waals surface area (Å²) in [5, 5.41) is 3.41. The number of hydrogen-bond donors (Lipinski definition) is 1. The van der Waals surface area contributed by atoms with Gasteiger partial charge in [-0.2, -0.15) is 0 Å². The lowest BCUT2D eigenvalue weighted by atomic mass is 10.0. The largest absolute Gasteiger partial charge is 0.375 e. The van der Waals surface area contributed by atoms with Crippen LogP contribution in [-0.4, -0.2) is 26.2 Å². The van der Waals surface area contributed by atoms with Gasteiger partial charge in [-0.15, -0.1) is 0 Å². The van der Waals surface area contributed by atoms with Gasteiger partial charge in [0.1, 0.15) is 6.61 Å². The summed E-state index contributed by atoms with van der Waals surface area (Å²) in [5.41, 5.74) is 1.17. The highest BCUT2D eigenvalue weighted by Gasteiger charge is 2.10. The molecular weight excluding hydrogens is 236 g/mol. The topological polar surface area (TPSA) is 21.3 Å². The van der Waals surface area contributed by atoms with Crippen molar-refractivity contribution in [2.24, 2.45) is 0 Å². The van der Waals surface area contributed by atoms with E-state index in [1.807, 2.05) is 30.3 Å². The Kier molecular flexibility index (Phi) is 7.53. The zero-order valence-corrected chi connectivity index (χ0v) is 10.7. The number of halogens is 2. The van der Waals surface area contributed by atoms with Crippen LogP contribution in [-0.2, 0) is 4.74 Å². The van der Waals surface area contributed by atoms with E-state index in [1.54, 1.807) is 0 Å². The van der Waals surface area contributed by atoms with Gasteiger partial charge in [0.25, 0.3) is 6.43 Å². The van der Waals surface area contributed by atoms with E-state index in [0.29, 0.717) is 13.0 Å². The smallest absolute Gasteiger partial charge is 0.261 e. The average molecular weight is 257 g/mol. The fourth-order valence-electron chi connectivity index (χ4n) is 1.76. The molecule has 2 nitrogen and oxygen atoms in total. The van der Waals surface area contributed by atoms with Crippen LogP contribution >= 0.6 is 0 Å². The summed E-state index contributed by atoms with van der Waals surface area (Å²) < 4.78 is 28.8. The fraction of sp³-hybridized carbons (Fsp3) is 0.571. The highest BCUT2D eigenvalue weighted by Crippen LogP contribution is 2.16. The summed E-state index contributed by atoms with van der Waals surface area (Å²) in [6.45, 7) is 2.88. The van der Waals surface area contributed by atoms with Crippen LogP contribution in [0.25, 0.3) is 0 Å². The molecule has 1 N–H and O–H groups in total. The number of rotatable bonds is 9. The van der Waals surface area contributed by atoms with Crippen molar-refractivity contribution in [1.29, 1.82) is 0 Å². The van der Waals surface area contributed by atoms with E-state index in [4.69, 9.17) is 4.74 Å². The van der Waals surface area contributed by atoms with Crippen molar-refractivity contribution in [2.75, 3.05) is 19.8 Å². The van der Waals surface area contributed by atoms with Crippen LogP contribution in [0.2, 0.25) is 0 Å². The maximum atomic E-state index is 11.9. The summed E-state index contributed by atoms with van der Waals surface area (Å²) in [7, 11) is 0. The van der Waals surface area contributed by atoms with Gasteiger partial charge in [-0.3, -0.25) is 0 Å². The van der Waals surface area contributed by atoms with Crippen LogP contribution in [0.5, 0.6) is 0 Å². The monoisotopic (exact) mass is 257 g/mol. The van der Waals surface area contributed by atoms with E-state index in [9.17, 15) is 8.78 Å². The van der Waals surface area contributed by atoms with E-state index in [0.717, 1.165) is 13.0 Å². The lowest BCUT2D eigenvalue weighted by Gasteiger charge is -2.19. The van der Waals surface area contributed by atoms with E-state index >= 15 is 0 Å². The molecule has 1 unspecified atom stereocenters. The predicted octanol–water partition coefficient (Wildman–Crippen LogP) is 3.40. The Hall–Kier alpha value is -1.00. The van der Waals surface area contributed by atoms with Gasteiger partial charge in [-0.1, -0.05) is 37.3 Å². The van der Waals surface area contributed by atoms with E-state index < -0.39 is 13.0 Å². The third-order valence-corrected chi connectivity index (χ3v) is 2.64. The lowest BCUT2D eigenvalue weighted by molar-refractivity contribution is 0.0143. The Morgan fingerprint density at radius 1 is 1.22 bits per heavy atom. The lowest BCUT2D eigenvalue weighted by Crippen LogP contribution is -2.23. The van der Waals surface area contributed by atoms with Crippen LogP contribution in [0.3, 0.4) is 0 Å². The predicted molar refractivity (Wildman–Crippen MR) is 68.9 cm³/mol. The second kappa shape index (κ2) is 9.00. The van der Waals surface area contributed by atoms with Crippen LogP contribution in [0.4, 0.5) is 8.78 Å². The maximum Gasteiger partial charge on any atom is 0.261 e. The SMILES string of the molecule is CCCNC(CCOCC(F)F)c1ccccc1. The molecule has 1 aromatic rings. The molecule has 0 aliphatic carbocycles. The zero-order valence-electron chi connectivity index (χ0n) is 10.7. The Morgan fingerprint density at radius 2 is 1.94 bits per heavy atom. The van der Waals surface area contributed by atoms with Crippen LogP contribution in [0.15, 0.2) is 30.3 Å². The molecule has 1 rings (SSSR count). The van der Waals surface area contributed by atoms with Gasteiger partial charge >= 0.3 is 0 Å². The molecule has 1 aromatic carbocycles. The Morgan fingerprint density at radius 3 is 2.56 bits per heavy atom. The van der Waals surface area contributed by atoms with Crippen LogP contribution in [0, 0.1) is 0 Å². The molecule has 0 spiro atoms. The Balaban J connectivity index is 2.41. The third kappa shape index (κ3) is 6.07. The Bertz CT molecular complexity index is 306. The van der Waals surface area contributed by atoms with Crippen molar-refractivity contribution >= 4 is 0 Å². The first-order valence-electron chi connectivity index (χ1n) is 6.38. The van der Waals surface area contributed by atoms with Gasteiger partial charge in [0.05, 0.1) is 0 Å². The van der Waals surface area contributed by atoms with Gasteiger partial charge < -0.3 is 10.1 Å². The summed E-state index contributed by atoms with van der Waals surface area (Å²) in [6.07, 6.45) is -0.637. The van der Waals surface area contributed by atoms with Gasteiger partial charge in [-0.05, 0) is 24.9 Å². The Labute approximate surface area is 107 Å². The molecule has 18 heavy (non-hydrogen) atoms. The van der Waals surface area contributed by atoms with Gasteiger partial charge in [-0.25, -0.2) is 8.78 Å². The molecule has 0 saturated heterocycles. The van der Waals surface area contributed by atoms with Gasteiger partial charge in [0, 0.05) is 12.6 Å². The first-order chi connectivity index (χ1) is 8.74. The zero-order chi connectivity index (χ0) is 13.2. The van der Waals surface area contributed by atoms with Crippen molar-refractivity contribution in [3.8, 4) is 0 Å². The molecule has 0 fully saturated rings. The van der Waals surface area contributed by atoms with Crippen molar-refractivity contribution in [2.45, 2.75) is 32.2 Å². The summed E-state index contributed by atoms with van der Waals surface area (Å²) in [5.74, 6) is 0. The normalized spacial score (nSPS) is 12.9. The maximum absolute atomic E-state index is 11.9. The van der Waals surface area contributed by atoms with Crippen LogP contribution < -0.4 is 5.32 Å². The average Bonchev–Trinajstić information content (AvgIpc) is 2.38. The van der Waals surface area contributed by atoms with Gasteiger partial charge in [0.15, 0.2) is 0 Å². The molecule has 0 amide bonds. The highest BCUT2D eigenvalue weighted by atomic mass is 19.3. The van der Waals surface area contributed by atoms with Crippen molar-refractivity contribution in [3.05, 3.63) is 35.9 Å². The minimum Gasteiger partial charge on any atom is -0.375 e. The molecule has 1 atom stereocenters. The summed E-state index contributed by atoms with van der Waals surface area (Å²) >= 11 is 0. The van der Waals surface area contributed by atoms with E-state index in [2.05, 4.69) is 12.2 Å². The second-order valence-electron chi connectivity index (χ2n) is 4.17. The van der Waals surface area contributed by atoms with E-state index in [1.165, 1.54) is 5.56 Å². The quantitative estimate of drug-likeness (QED) is 0.685. The third-order valence-electron chi connectivity index (χ3n) is 2.64. The molecule has 0 radical (unpaired) electrons. The van der Waals surface area contributed by atoms with Crippen molar-refractivity contribution in [1.82, 2.24) is 5.32 Å². The molecule has 102 valence electrons. The van der Waals surface area contributed by atoms with Crippen molar-refractivity contribution < 1.29 is 13.5 Å². The number of alkyl halides is 2. The molecule has 4 heteroatoms. The molecule has 0 aromatic heterocycles. The minimum absolute atomic E-state index is 0.170. The molecule has 0 aliphatic rings. The minimum atomic E-state index is -2.39. The molecule has 0 heterocycles.